The van der Waals surface area contributed by atoms with E-state index in [4.69, 9.17) is 21.1 Å². The second-order valence-electron chi connectivity index (χ2n) is 6.46. The molecule has 0 aromatic carbocycles. The van der Waals surface area contributed by atoms with Crippen molar-refractivity contribution in [3.05, 3.63) is 95.3 Å². The first kappa shape index (κ1) is 24.0. The number of alkyl halides is 3. The lowest BCUT2D eigenvalue weighted by Gasteiger charge is -2.10. The number of pyridine rings is 2. The number of aromatic amines is 1. The van der Waals surface area contributed by atoms with Crippen molar-refractivity contribution in [3.63, 3.8) is 0 Å². The molecule has 0 radical (unpaired) electrons. The minimum atomic E-state index is -4.54. The SMILES string of the molecule is C=C/C(=C\C=C(\OC)c1cnc(-c2ccc(F)nc2)[nH]1)OCc1ncc(C(F)(F)F)cc1Cl. The minimum absolute atomic E-state index is 0.138. The van der Waals surface area contributed by atoms with E-state index in [-0.39, 0.29) is 17.3 Å². The summed E-state index contributed by atoms with van der Waals surface area (Å²) in [5, 5.41) is -0.165. The number of hydrogen-bond donors (Lipinski definition) is 1. The third-order valence-electron chi connectivity index (χ3n) is 4.28. The number of hydrogen-bond acceptors (Lipinski definition) is 5. The van der Waals surface area contributed by atoms with Crippen LogP contribution in [-0.2, 0) is 22.3 Å². The normalized spacial score (nSPS) is 12.5. The molecule has 0 bridgehead atoms. The molecule has 0 atom stereocenters. The molecule has 0 aliphatic carbocycles. The molecule has 3 aromatic heterocycles. The minimum Gasteiger partial charge on any atom is -0.495 e. The Labute approximate surface area is 191 Å². The standard InChI is InChI=1S/C22H17ClF4N4O2/c1-3-15(33-12-18-16(23)8-14(10-28-18)22(25,26)27)5-6-19(32-2)17-11-30-21(31-17)13-4-7-20(24)29-9-13/h3-11H,1,12H2,2H3,(H,30,31)/b15-5+,19-6+. The first-order valence-electron chi connectivity index (χ1n) is 9.31. The van der Waals surface area contributed by atoms with E-state index in [0.29, 0.717) is 34.8 Å². The molecule has 11 heteroatoms. The van der Waals surface area contributed by atoms with Gasteiger partial charge in [-0.2, -0.15) is 17.6 Å². The van der Waals surface area contributed by atoms with E-state index < -0.39 is 17.7 Å². The first-order chi connectivity index (χ1) is 15.7. The van der Waals surface area contributed by atoms with E-state index in [1.807, 2.05) is 0 Å². The van der Waals surface area contributed by atoms with E-state index >= 15 is 0 Å². The van der Waals surface area contributed by atoms with Crippen molar-refractivity contribution in [3.8, 4) is 11.4 Å². The number of methoxy groups -OCH3 is 1. The molecule has 0 saturated carbocycles. The van der Waals surface area contributed by atoms with Gasteiger partial charge in [0.05, 0.1) is 29.6 Å². The van der Waals surface area contributed by atoms with Gasteiger partial charge in [0.15, 0.2) is 0 Å². The average Bonchev–Trinajstić information content (AvgIpc) is 3.26. The zero-order valence-electron chi connectivity index (χ0n) is 17.2. The van der Waals surface area contributed by atoms with Gasteiger partial charge in [0.25, 0.3) is 0 Å². The number of halogens is 5. The number of aromatic nitrogens is 4. The summed E-state index contributed by atoms with van der Waals surface area (Å²) in [7, 11) is 1.46. The van der Waals surface area contributed by atoms with Gasteiger partial charge in [-0.25, -0.2) is 9.97 Å². The highest BCUT2D eigenvalue weighted by atomic mass is 35.5. The van der Waals surface area contributed by atoms with Crippen LogP contribution in [0.25, 0.3) is 17.1 Å². The van der Waals surface area contributed by atoms with Crippen LogP contribution in [0.5, 0.6) is 0 Å². The highest BCUT2D eigenvalue weighted by Crippen LogP contribution is 2.31. The van der Waals surface area contributed by atoms with Gasteiger partial charge in [-0.05, 0) is 36.4 Å². The number of nitrogens with one attached hydrogen (secondary N) is 1. The lowest BCUT2D eigenvalue weighted by atomic mass is 10.2. The summed E-state index contributed by atoms with van der Waals surface area (Å²) < 4.78 is 62.1. The quantitative estimate of drug-likeness (QED) is 0.187. The number of H-pyrrole nitrogens is 1. The van der Waals surface area contributed by atoms with Gasteiger partial charge >= 0.3 is 6.18 Å². The molecule has 3 rings (SSSR count). The van der Waals surface area contributed by atoms with Gasteiger partial charge in [-0.1, -0.05) is 18.2 Å². The molecular weight excluding hydrogens is 464 g/mol. The Morgan fingerprint density at radius 2 is 1.94 bits per heavy atom. The Morgan fingerprint density at radius 3 is 2.55 bits per heavy atom. The first-order valence-corrected chi connectivity index (χ1v) is 9.69. The zero-order valence-corrected chi connectivity index (χ0v) is 17.9. The summed E-state index contributed by atoms with van der Waals surface area (Å²) in [6, 6.07) is 3.55. The summed E-state index contributed by atoms with van der Waals surface area (Å²) >= 11 is 5.90. The Morgan fingerprint density at radius 1 is 1.15 bits per heavy atom. The summed E-state index contributed by atoms with van der Waals surface area (Å²) in [6.45, 7) is 3.48. The number of rotatable bonds is 8. The molecule has 0 amide bonds. The van der Waals surface area contributed by atoms with Crippen LogP contribution in [0.3, 0.4) is 0 Å². The molecule has 3 heterocycles. The molecule has 0 saturated heterocycles. The summed E-state index contributed by atoms with van der Waals surface area (Å²) in [5.74, 6) is 0.563. The lowest BCUT2D eigenvalue weighted by molar-refractivity contribution is -0.137. The van der Waals surface area contributed by atoms with Crippen LogP contribution >= 0.6 is 11.6 Å². The van der Waals surface area contributed by atoms with Gasteiger partial charge in [0.1, 0.15) is 29.6 Å². The van der Waals surface area contributed by atoms with Crippen LogP contribution in [0, 0.1) is 5.95 Å². The number of nitrogens with zero attached hydrogens (tertiary/aromatic N) is 3. The van der Waals surface area contributed by atoms with Crippen molar-refractivity contribution in [2.45, 2.75) is 12.8 Å². The van der Waals surface area contributed by atoms with Crippen LogP contribution in [0.15, 0.2) is 67.4 Å². The van der Waals surface area contributed by atoms with Gasteiger partial charge < -0.3 is 14.5 Å². The van der Waals surface area contributed by atoms with Crippen molar-refractivity contribution >= 4 is 17.4 Å². The van der Waals surface area contributed by atoms with Gasteiger partial charge in [-0.3, -0.25) is 4.98 Å². The zero-order chi connectivity index (χ0) is 24.0. The molecule has 33 heavy (non-hydrogen) atoms. The maximum Gasteiger partial charge on any atom is 0.417 e. The van der Waals surface area contributed by atoms with Crippen LogP contribution in [0.4, 0.5) is 17.6 Å². The highest BCUT2D eigenvalue weighted by molar-refractivity contribution is 6.31. The molecule has 0 spiro atoms. The largest absolute Gasteiger partial charge is 0.495 e. The molecule has 172 valence electrons. The fourth-order valence-electron chi connectivity index (χ4n) is 2.59. The van der Waals surface area contributed by atoms with Gasteiger partial charge in [0, 0.05) is 18.0 Å². The van der Waals surface area contributed by atoms with Crippen LogP contribution in [0.2, 0.25) is 5.02 Å². The topological polar surface area (TPSA) is 72.9 Å². The Bertz CT molecular complexity index is 1190. The van der Waals surface area contributed by atoms with Gasteiger partial charge in [-0.15, -0.1) is 0 Å². The van der Waals surface area contributed by atoms with Crippen molar-refractivity contribution in [2.75, 3.05) is 7.11 Å². The highest BCUT2D eigenvalue weighted by Gasteiger charge is 2.31. The molecule has 0 fully saturated rings. The van der Waals surface area contributed by atoms with Crippen LogP contribution in [0.1, 0.15) is 17.0 Å². The third kappa shape index (κ3) is 6.19. The van der Waals surface area contributed by atoms with Crippen molar-refractivity contribution in [1.29, 1.82) is 0 Å². The van der Waals surface area contributed by atoms with E-state index in [1.54, 1.807) is 12.2 Å². The predicted octanol–water partition coefficient (Wildman–Crippen LogP) is 5.95. The van der Waals surface area contributed by atoms with E-state index in [9.17, 15) is 17.6 Å². The average molecular weight is 481 g/mol. The fourth-order valence-corrected chi connectivity index (χ4v) is 2.81. The summed E-state index contributed by atoms with van der Waals surface area (Å²) in [6.07, 6.45) is 3.56. The van der Waals surface area contributed by atoms with Crippen LogP contribution in [-0.4, -0.2) is 27.0 Å². The summed E-state index contributed by atoms with van der Waals surface area (Å²) in [4.78, 5) is 14.6. The maximum absolute atomic E-state index is 13.0. The fraction of sp³-hybridized carbons (Fsp3) is 0.136. The molecular formula is C22H17ClF4N4O2. The molecule has 3 aromatic rings. The monoisotopic (exact) mass is 480 g/mol. The maximum atomic E-state index is 13.0. The van der Waals surface area contributed by atoms with Crippen LogP contribution < -0.4 is 0 Å². The summed E-state index contributed by atoms with van der Waals surface area (Å²) in [5.41, 5.74) is 0.312. The molecule has 0 unspecified atom stereocenters. The van der Waals surface area contributed by atoms with Crippen molar-refractivity contribution in [2.24, 2.45) is 0 Å². The molecule has 6 nitrogen and oxygen atoms in total. The Kier molecular flexibility index (Phi) is 7.49. The van der Waals surface area contributed by atoms with Crippen molar-refractivity contribution in [1.82, 2.24) is 19.9 Å². The van der Waals surface area contributed by atoms with E-state index in [0.717, 1.165) is 6.07 Å². The lowest BCUT2D eigenvalue weighted by Crippen LogP contribution is -2.07. The van der Waals surface area contributed by atoms with E-state index in [2.05, 4.69) is 26.5 Å². The van der Waals surface area contributed by atoms with E-state index in [1.165, 1.54) is 37.7 Å². The third-order valence-corrected chi connectivity index (χ3v) is 4.61. The molecule has 0 aliphatic rings. The smallest absolute Gasteiger partial charge is 0.417 e. The second-order valence-corrected chi connectivity index (χ2v) is 6.87. The number of allylic oxidation sites excluding steroid dienone is 3. The Balaban J connectivity index is 1.73. The number of imidazole rings is 1. The molecule has 1 N–H and O–H groups in total. The predicted molar refractivity (Wildman–Crippen MR) is 114 cm³/mol. The second kappa shape index (κ2) is 10.3. The Hall–Kier alpha value is -3.66. The van der Waals surface area contributed by atoms with Gasteiger partial charge in [0.2, 0.25) is 5.95 Å². The van der Waals surface area contributed by atoms with Crippen molar-refractivity contribution < 1.29 is 27.0 Å². The number of ether oxygens (including phenoxy) is 2. The molecule has 0 aliphatic heterocycles.